The van der Waals surface area contributed by atoms with Gasteiger partial charge in [-0.2, -0.15) is 0 Å². The first-order valence-corrected chi connectivity index (χ1v) is 7.91. The number of amides is 2. The van der Waals surface area contributed by atoms with E-state index in [1.54, 1.807) is 30.3 Å². The van der Waals surface area contributed by atoms with E-state index < -0.39 is 0 Å². The first kappa shape index (κ1) is 17.5. The molecule has 0 spiro atoms. The maximum atomic E-state index is 12.0. The van der Waals surface area contributed by atoms with Gasteiger partial charge in [0.15, 0.2) is 0 Å². The summed E-state index contributed by atoms with van der Waals surface area (Å²) in [7, 11) is 0. The molecule has 0 saturated carbocycles. The summed E-state index contributed by atoms with van der Waals surface area (Å²) in [6.07, 6.45) is 3.23. The maximum Gasteiger partial charge on any atom is 0.251 e. The van der Waals surface area contributed by atoms with Gasteiger partial charge in [-0.3, -0.25) is 9.59 Å². The van der Waals surface area contributed by atoms with Crippen molar-refractivity contribution in [2.45, 2.75) is 26.8 Å². The fraction of sp³-hybridized carbons (Fsp3) is 0.200. The molecule has 2 N–H and O–H groups in total. The zero-order valence-corrected chi connectivity index (χ0v) is 14.2. The van der Waals surface area contributed by atoms with Gasteiger partial charge in [0.1, 0.15) is 0 Å². The predicted octanol–water partition coefficient (Wildman–Crippen LogP) is 3.79. The van der Waals surface area contributed by atoms with Crippen LogP contribution in [-0.4, -0.2) is 17.9 Å². The minimum Gasteiger partial charge on any atom is -0.350 e. The highest BCUT2D eigenvalue weighted by molar-refractivity contribution is 6.03. The molecule has 0 saturated heterocycles. The molecule has 0 unspecified atom stereocenters. The standard InChI is InChI=1S/C20H22N2O2/c1-14(2)21-20(24)17-5-4-6-18(13-17)22-19(23)12-11-16-9-7-15(3)8-10-16/h4-14H,1-3H3,(H,21,24)(H,22,23)/b12-11+. The molecule has 4 nitrogen and oxygen atoms in total. The average Bonchev–Trinajstić information content (AvgIpc) is 2.54. The highest BCUT2D eigenvalue weighted by Crippen LogP contribution is 2.11. The van der Waals surface area contributed by atoms with E-state index in [0.29, 0.717) is 11.3 Å². The third kappa shape index (κ3) is 5.39. The first-order chi connectivity index (χ1) is 11.4. The summed E-state index contributed by atoms with van der Waals surface area (Å²) < 4.78 is 0. The Labute approximate surface area is 142 Å². The third-order valence-corrected chi connectivity index (χ3v) is 3.32. The van der Waals surface area contributed by atoms with Crippen LogP contribution >= 0.6 is 0 Å². The van der Waals surface area contributed by atoms with Crippen molar-refractivity contribution in [3.8, 4) is 0 Å². The number of anilines is 1. The zero-order valence-electron chi connectivity index (χ0n) is 14.2. The van der Waals surface area contributed by atoms with Crippen LogP contribution in [0.4, 0.5) is 5.69 Å². The van der Waals surface area contributed by atoms with Gasteiger partial charge in [0.05, 0.1) is 0 Å². The molecular weight excluding hydrogens is 300 g/mol. The highest BCUT2D eigenvalue weighted by atomic mass is 16.2. The van der Waals surface area contributed by atoms with Gasteiger partial charge in [-0.1, -0.05) is 35.9 Å². The van der Waals surface area contributed by atoms with E-state index in [9.17, 15) is 9.59 Å². The van der Waals surface area contributed by atoms with Crippen LogP contribution in [0.2, 0.25) is 0 Å². The number of benzene rings is 2. The summed E-state index contributed by atoms with van der Waals surface area (Å²) in [5.41, 5.74) is 3.24. The number of aryl methyl sites for hydroxylation is 1. The van der Waals surface area contributed by atoms with Crippen molar-refractivity contribution in [3.63, 3.8) is 0 Å². The molecule has 0 fully saturated rings. The lowest BCUT2D eigenvalue weighted by molar-refractivity contribution is -0.111. The van der Waals surface area contributed by atoms with Gasteiger partial charge in [-0.15, -0.1) is 0 Å². The SMILES string of the molecule is Cc1ccc(/C=C/C(=O)Nc2cccc(C(=O)NC(C)C)c2)cc1. The fourth-order valence-electron chi connectivity index (χ4n) is 2.12. The molecule has 0 aliphatic carbocycles. The van der Waals surface area contributed by atoms with Crippen molar-refractivity contribution in [2.24, 2.45) is 0 Å². The predicted molar refractivity (Wildman–Crippen MR) is 97.9 cm³/mol. The van der Waals surface area contributed by atoms with Crippen molar-refractivity contribution < 1.29 is 9.59 Å². The molecule has 0 heterocycles. The molecular formula is C20H22N2O2. The Kier molecular flexibility index (Phi) is 5.90. The van der Waals surface area contributed by atoms with Gasteiger partial charge in [0.25, 0.3) is 5.91 Å². The Morgan fingerprint density at radius 1 is 1.04 bits per heavy atom. The largest absolute Gasteiger partial charge is 0.350 e. The van der Waals surface area contributed by atoms with E-state index in [1.165, 1.54) is 11.6 Å². The van der Waals surface area contributed by atoms with Gasteiger partial charge in [-0.25, -0.2) is 0 Å². The second-order valence-electron chi connectivity index (χ2n) is 5.94. The summed E-state index contributed by atoms with van der Waals surface area (Å²) in [5, 5.41) is 5.59. The fourth-order valence-corrected chi connectivity index (χ4v) is 2.12. The zero-order chi connectivity index (χ0) is 17.5. The molecule has 2 amide bonds. The summed E-state index contributed by atoms with van der Waals surface area (Å²) >= 11 is 0. The number of carbonyl (C=O) groups excluding carboxylic acids is 2. The molecule has 0 aliphatic heterocycles. The van der Waals surface area contributed by atoms with Crippen molar-refractivity contribution in [1.82, 2.24) is 5.32 Å². The maximum absolute atomic E-state index is 12.0. The van der Waals surface area contributed by atoms with E-state index in [0.717, 1.165) is 5.56 Å². The van der Waals surface area contributed by atoms with Gasteiger partial charge >= 0.3 is 0 Å². The van der Waals surface area contributed by atoms with E-state index in [1.807, 2.05) is 45.0 Å². The van der Waals surface area contributed by atoms with Gasteiger partial charge in [0.2, 0.25) is 5.91 Å². The molecule has 4 heteroatoms. The normalized spacial score (nSPS) is 10.8. The molecule has 0 bridgehead atoms. The molecule has 0 atom stereocenters. The topological polar surface area (TPSA) is 58.2 Å². The minimum absolute atomic E-state index is 0.0631. The quantitative estimate of drug-likeness (QED) is 0.823. The van der Waals surface area contributed by atoms with E-state index >= 15 is 0 Å². The van der Waals surface area contributed by atoms with Crippen molar-refractivity contribution in [3.05, 3.63) is 71.3 Å². The van der Waals surface area contributed by atoms with Crippen LogP contribution in [0.25, 0.3) is 6.08 Å². The second kappa shape index (κ2) is 8.11. The van der Waals surface area contributed by atoms with Crippen molar-refractivity contribution >= 4 is 23.6 Å². The lowest BCUT2D eigenvalue weighted by atomic mass is 10.1. The van der Waals surface area contributed by atoms with Crippen molar-refractivity contribution in [2.75, 3.05) is 5.32 Å². The second-order valence-corrected chi connectivity index (χ2v) is 5.94. The highest BCUT2D eigenvalue weighted by Gasteiger charge is 2.08. The number of rotatable bonds is 5. The van der Waals surface area contributed by atoms with Crippen LogP contribution in [0.15, 0.2) is 54.6 Å². The number of hydrogen-bond acceptors (Lipinski definition) is 2. The molecule has 0 radical (unpaired) electrons. The lowest BCUT2D eigenvalue weighted by Gasteiger charge is -2.09. The van der Waals surface area contributed by atoms with E-state index in [2.05, 4.69) is 10.6 Å². The Morgan fingerprint density at radius 2 is 1.75 bits per heavy atom. The van der Waals surface area contributed by atoms with Crippen LogP contribution in [0.5, 0.6) is 0 Å². The molecule has 0 aliphatic rings. The summed E-state index contributed by atoms with van der Waals surface area (Å²) in [4.78, 5) is 24.0. The molecule has 2 rings (SSSR count). The van der Waals surface area contributed by atoms with Gasteiger partial charge in [0, 0.05) is 23.4 Å². The molecule has 124 valence electrons. The van der Waals surface area contributed by atoms with Crippen LogP contribution in [0, 0.1) is 6.92 Å². The summed E-state index contributed by atoms with van der Waals surface area (Å²) in [6.45, 7) is 5.82. The Morgan fingerprint density at radius 3 is 2.42 bits per heavy atom. The first-order valence-electron chi connectivity index (χ1n) is 7.91. The smallest absolute Gasteiger partial charge is 0.251 e. The van der Waals surface area contributed by atoms with Crippen LogP contribution < -0.4 is 10.6 Å². The molecule has 24 heavy (non-hydrogen) atoms. The minimum atomic E-state index is -0.239. The monoisotopic (exact) mass is 322 g/mol. The average molecular weight is 322 g/mol. The third-order valence-electron chi connectivity index (χ3n) is 3.32. The Hall–Kier alpha value is -2.88. The van der Waals surface area contributed by atoms with Gasteiger partial charge < -0.3 is 10.6 Å². The van der Waals surface area contributed by atoms with Crippen LogP contribution in [0.1, 0.15) is 35.3 Å². The van der Waals surface area contributed by atoms with Crippen LogP contribution in [-0.2, 0) is 4.79 Å². The molecule has 2 aromatic carbocycles. The molecule has 0 aromatic heterocycles. The number of carbonyl (C=O) groups is 2. The number of nitrogens with one attached hydrogen (secondary N) is 2. The van der Waals surface area contributed by atoms with E-state index in [-0.39, 0.29) is 17.9 Å². The van der Waals surface area contributed by atoms with E-state index in [4.69, 9.17) is 0 Å². The van der Waals surface area contributed by atoms with Gasteiger partial charge in [-0.05, 0) is 50.6 Å². The Bertz CT molecular complexity index is 746. The number of hydrogen-bond donors (Lipinski definition) is 2. The lowest BCUT2D eigenvalue weighted by Crippen LogP contribution is -2.30. The summed E-state index contributed by atoms with van der Waals surface area (Å²) in [6, 6.07) is 14.8. The summed E-state index contributed by atoms with van der Waals surface area (Å²) in [5.74, 6) is -0.395. The molecule has 2 aromatic rings. The Balaban J connectivity index is 2.01. The van der Waals surface area contributed by atoms with Crippen molar-refractivity contribution in [1.29, 1.82) is 0 Å². The van der Waals surface area contributed by atoms with Crippen LogP contribution in [0.3, 0.4) is 0 Å².